The van der Waals surface area contributed by atoms with E-state index in [2.05, 4.69) is 0 Å². The molecule has 0 unspecified atom stereocenters. The highest BCUT2D eigenvalue weighted by atomic mass is 19.1. The van der Waals surface area contributed by atoms with Crippen LogP contribution >= 0.6 is 0 Å². The van der Waals surface area contributed by atoms with E-state index in [1.165, 1.54) is 4.90 Å². The van der Waals surface area contributed by atoms with Gasteiger partial charge >= 0.3 is 0 Å². The summed E-state index contributed by atoms with van der Waals surface area (Å²) in [4.78, 5) is 13.8. The first-order valence-electron chi connectivity index (χ1n) is 8.65. The third-order valence-corrected chi connectivity index (χ3v) is 4.49. The van der Waals surface area contributed by atoms with Crippen molar-refractivity contribution in [1.29, 1.82) is 0 Å². The largest absolute Gasteiger partial charge is 0.487 e. The number of benzene rings is 2. The van der Waals surface area contributed by atoms with Crippen LogP contribution in [0.2, 0.25) is 0 Å². The van der Waals surface area contributed by atoms with Crippen LogP contribution in [0, 0.1) is 11.6 Å². The average Bonchev–Trinajstić information content (AvgIpc) is 2.63. The lowest BCUT2D eigenvalue weighted by atomic mass is 9.91. The van der Waals surface area contributed by atoms with Gasteiger partial charge in [-0.3, -0.25) is 4.79 Å². The van der Waals surface area contributed by atoms with E-state index in [1.54, 1.807) is 19.1 Å². The summed E-state index contributed by atoms with van der Waals surface area (Å²) in [6.07, 6.45) is -0.0159. The van der Waals surface area contributed by atoms with E-state index in [0.717, 1.165) is 12.1 Å². The minimum Gasteiger partial charge on any atom is -0.487 e. The first kappa shape index (κ1) is 19.1. The number of amides is 1. The summed E-state index contributed by atoms with van der Waals surface area (Å²) in [5.41, 5.74) is -1.25. The van der Waals surface area contributed by atoms with Gasteiger partial charge in [-0.25, -0.2) is 8.78 Å². The molecule has 0 saturated carbocycles. The van der Waals surface area contributed by atoms with Gasteiger partial charge in [0.15, 0.2) is 18.2 Å². The standard InChI is InChI=1S/C20H21F2NO4/c1-20(25)13-23(10-9-18(20)27-15-5-3-2-4-6-15)19(24)12-26-17-8-7-14(21)11-16(17)22/h2-8,11,18,25H,9-10,12-13H2,1H3/t18-,20-/m0/s1. The van der Waals surface area contributed by atoms with Crippen molar-refractivity contribution in [1.82, 2.24) is 4.90 Å². The number of hydrogen-bond acceptors (Lipinski definition) is 4. The summed E-state index contributed by atoms with van der Waals surface area (Å²) < 4.78 is 37.5. The van der Waals surface area contributed by atoms with Crippen molar-refractivity contribution < 1.29 is 28.2 Å². The molecule has 7 heteroatoms. The highest BCUT2D eigenvalue weighted by Gasteiger charge is 2.41. The maximum atomic E-state index is 13.6. The molecular weight excluding hydrogens is 356 g/mol. The van der Waals surface area contributed by atoms with Crippen molar-refractivity contribution in [2.75, 3.05) is 19.7 Å². The van der Waals surface area contributed by atoms with E-state index in [0.29, 0.717) is 24.8 Å². The summed E-state index contributed by atoms with van der Waals surface area (Å²) in [6, 6.07) is 12.0. The first-order valence-corrected chi connectivity index (χ1v) is 8.65. The zero-order chi connectivity index (χ0) is 19.4. The van der Waals surface area contributed by atoms with Gasteiger partial charge in [-0.15, -0.1) is 0 Å². The number of rotatable bonds is 5. The molecule has 1 fully saturated rings. The fourth-order valence-corrected chi connectivity index (χ4v) is 3.04. The van der Waals surface area contributed by atoms with Gasteiger partial charge < -0.3 is 19.5 Å². The monoisotopic (exact) mass is 377 g/mol. The smallest absolute Gasteiger partial charge is 0.260 e. The first-order chi connectivity index (χ1) is 12.8. The summed E-state index contributed by atoms with van der Waals surface area (Å²) in [5, 5.41) is 10.7. The summed E-state index contributed by atoms with van der Waals surface area (Å²) >= 11 is 0. The molecule has 0 bridgehead atoms. The van der Waals surface area contributed by atoms with E-state index in [-0.39, 0.29) is 12.3 Å². The highest BCUT2D eigenvalue weighted by molar-refractivity contribution is 5.78. The second-order valence-electron chi connectivity index (χ2n) is 6.74. The predicted octanol–water partition coefficient (Wildman–Crippen LogP) is 2.77. The van der Waals surface area contributed by atoms with Crippen LogP contribution in [0.4, 0.5) is 8.78 Å². The molecule has 0 spiro atoms. The summed E-state index contributed by atoms with van der Waals surface area (Å²) in [6.45, 7) is 1.66. The van der Waals surface area contributed by atoms with Crippen LogP contribution in [-0.2, 0) is 4.79 Å². The molecule has 1 amide bonds. The number of carbonyl (C=O) groups is 1. The number of carbonyl (C=O) groups excluding carboxylic acids is 1. The SMILES string of the molecule is C[C@]1(O)CN(C(=O)COc2ccc(F)cc2F)CC[C@@H]1Oc1ccccc1. The molecule has 1 N–H and O–H groups in total. The van der Waals surface area contributed by atoms with E-state index in [4.69, 9.17) is 9.47 Å². The molecule has 1 saturated heterocycles. The molecule has 1 heterocycles. The Morgan fingerprint density at radius 3 is 2.67 bits per heavy atom. The lowest BCUT2D eigenvalue weighted by Gasteiger charge is -2.42. The fraction of sp³-hybridized carbons (Fsp3) is 0.350. The number of β-amino-alcohol motifs (C(OH)–C–C–N with tert-alkyl or cyclic N) is 1. The Hall–Kier alpha value is -2.67. The maximum absolute atomic E-state index is 13.6. The highest BCUT2D eigenvalue weighted by Crippen LogP contribution is 2.26. The molecule has 0 aromatic heterocycles. The lowest BCUT2D eigenvalue weighted by Crippen LogP contribution is -2.59. The molecule has 3 rings (SSSR count). The zero-order valence-corrected chi connectivity index (χ0v) is 14.9. The van der Waals surface area contributed by atoms with E-state index in [1.807, 2.05) is 18.2 Å². The molecule has 1 aliphatic rings. The van der Waals surface area contributed by atoms with Crippen LogP contribution in [0.3, 0.4) is 0 Å². The maximum Gasteiger partial charge on any atom is 0.260 e. The van der Waals surface area contributed by atoms with Gasteiger partial charge in [0.05, 0.1) is 6.54 Å². The van der Waals surface area contributed by atoms with Crippen molar-refractivity contribution in [3.8, 4) is 11.5 Å². The van der Waals surface area contributed by atoms with Gasteiger partial charge in [-0.1, -0.05) is 18.2 Å². The third kappa shape index (κ3) is 4.74. The van der Waals surface area contributed by atoms with Crippen molar-refractivity contribution >= 4 is 5.91 Å². The van der Waals surface area contributed by atoms with Gasteiger partial charge in [0.25, 0.3) is 5.91 Å². The molecule has 5 nitrogen and oxygen atoms in total. The van der Waals surface area contributed by atoms with Crippen LogP contribution in [0.15, 0.2) is 48.5 Å². The second-order valence-corrected chi connectivity index (χ2v) is 6.74. The topological polar surface area (TPSA) is 59.0 Å². The average molecular weight is 377 g/mol. The number of para-hydroxylation sites is 1. The Morgan fingerprint density at radius 2 is 2.00 bits per heavy atom. The van der Waals surface area contributed by atoms with Crippen molar-refractivity contribution in [2.24, 2.45) is 0 Å². The molecule has 0 aliphatic carbocycles. The molecule has 0 radical (unpaired) electrons. The fourth-order valence-electron chi connectivity index (χ4n) is 3.04. The minimum absolute atomic E-state index is 0.0680. The quantitative estimate of drug-likeness (QED) is 0.871. The minimum atomic E-state index is -1.25. The summed E-state index contributed by atoms with van der Waals surface area (Å²) in [5.74, 6) is -1.53. The zero-order valence-electron chi connectivity index (χ0n) is 14.9. The Morgan fingerprint density at radius 1 is 1.26 bits per heavy atom. The number of nitrogens with zero attached hydrogens (tertiary/aromatic N) is 1. The summed E-state index contributed by atoms with van der Waals surface area (Å²) in [7, 11) is 0. The molecule has 144 valence electrons. The molecule has 2 atom stereocenters. The molecule has 1 aliphatic heterocycles. The Bertz CT molecular complexity index is 798. The molecule has 2 aromatic rings. The van der Waals surface area contributed by atoms with Crippen molar-refractivity contribution in [3.63, 3.8) is 0 Å². The van der Waals surface area contributed by atoms with Crippen LogP contribution < -0.4 is 9.47 Å². The third-order valence-electron chi connectivity index (χ3n) is 4.49. The number of likely N-dealkylation sites (tertiary alicyclic amines) is 1. The molecule has 27 heavy (non-hydrogen) atoms. The Labute approximate surface area is 156 Å². The molecular formula is C20H21F2NO4. The van der Waals surface area contributed by atoms with Crippen LogP contribution in [-0.4, -0.2) is 47.3 Å². The van der Waals surface area contributed by atoms with Gasteiger partial charge in [0.1, 0.15) is 23.3 Å². The van der Waals surface area contributed by atoms with Crippen LogP contribution in [0.25, 0.3) is 0 Å². The van der Waals surface area contributed by atoms with E-state index >= 15 is 0 Å². The number of aliphatic hydroxyl groups is 1. The van der Waals surface area contributed by atoms with Gasteiger partial charge in [0.2, 0.25) is 0 Å². The number of halogens is 2. The number of piperidine rings is 1. The van der Waals surface area contributed by atoms with E-state index in [9.17, 15) is 18.7 Å². The Balaban J connectivity index is 1.56. The second kappa shape index (κ2) is 7.92. The van der Waals surface area contributed by atoms with Gasteiger partial charge in [-0.2, -0.15) is 0 Å². The van der Waals surface area contributed by atoms with E-state index < -0.39 is 35.9 Å². The number of ether oxygens (including phenoxy) is 2. The van der Waals surface area contributed by atoms with Crippen molar-refractivity contribution in [2.45, 2.75) is 25.0 Å². The predicted molar refractivity (Wildman–Crippen MR) is 94.5 cm³/mol. The van der Waals surface area contributed by atoms with Gasteiger partial charge in [0, 0.05) is 19.0 Å². The van der Waals surface area contributed by atoms with Crippen LogP contribution in [0.1, 0.15) is 13.3 Å². The number of hydrogen-bond donors (Lipinski definition) is 1. The van der Waals surface area contributed by atoms with Gasteiger partial charge in [-0.05, 0) is 31.2 Å². The molecule has 2 aromatic carbocycles. The lowest BCUT2D eigenvalue weighted by molar-refractivity contribution is -0.147. The van der Waals surface area contributed by atoms with Crippen molar-refractivity contribution in [3.05, 3.63) is 60.2 Å². The normalized spacial score (nSPS) is 22.4. The van der Waals surface area contributed by atoms with Crippen LogP contribution in [0.5, 0.6) is 11.5 Å². The Kier molecular flexibility index (Phi) is 5.60.